The lowest BCUT2D eigenvalue weighted by atomic mass is 10.3. The van der Waals surface area contributed by atoms with Gasteiger partial charge in [0.05, 0.1) is 6.61 Å². The van der Waals surface area contributed by atoms with Gasteiger partial charge in [-0.25, -0.2) is 8.78 Å². The van der Waals surface area contributed by atoms with Gasteiger partial charge >= 0.3 is 0 Å². The summed E-state index contributed by atoms with van der Waals surface area (Å²) in [5.41, 5.74) is 0. The maximum atomic E-state index is 12.8. The average Bonchev–Trinajstić information content (AvgIpc) is 2.76. The molecule has 0 aliphatic carbocycles. The maximum Gasteiger partial charge on any atom is 0.177 e. The molecule has 2 rings (SSSR count). The second-order valence-electron chi connectivity index (χ2n) is 3.00. The molecule has 1 aromatic heterocycles. The van der Waals surface area contributed by atoms with Gasteiger partial charge in [-0.3, -0.25) is 0 Å². The monoisotopic (exact) mass is 226 g/mol. The van der Waals surface area contributed by atoms with Crippen molar-refractivity contribution in [1.29, 1.82) is 0 Å². The first kappa shape index (κ1) is 10.5. The van der Waals surface area contributed by atoms with Gasteiger partial charge in [0.2, 0.25) is 0 Å². The van der Waals surface area contributed by atoms with Gasteiger partial charge in [0.25, 0.3) is 0 Å². The zero-order chi connectivity index (χ0) is 11.4. The van der Waals surface area contributed by atoms with Crippen LogP contribution in [0.4, 0.5) is 8.78 Å². The van der Waals surface area contributed by atoms with Gasteiger partial charge in [0.15, 0.2) is 17.5 Å². The van der Waals surface area contributed by atoms with Crippen LogP contribution < -0.4 is 4.74 Å². The molecule has 84 valence electrons. The molecule has 0 unspecified atom stereocenters. The van der Waals surface area contributed by atoms with E-state index in [2.05, 4.69) is 20.6 Å². The van der Waals surface area contributed by atoms with Crippen LogP contribution in [0.5, 0.6) is 5.75 Å². The van der Waals surface area contributed by atoms with Crippen molar-refractivity contribution in [3.63, 3.8) is 0 Å². The van der Waals surface area contributed by atoms with Crippen LogP contribution in [0.3, 0.4) is 0 Å². The number of H-pyrrole nitrogens is 1. The number of rotatable bonds is 4. The van der Waals surface area contributed by atoms with E-state index in [1.54, 1.807) is 0 Å². The van der Waals surface area contributed by atoms with Gasteiger partial charge < -0.3 is 4.74 Å². The Kier molecular flexibility index (Phi) is 3.04. The van der Waals surface area contributed by atoms with Gasteiger partial charge in [-0.15, -0.1) is 10.2 Å². The smallest absolute Gasteiger partial charge is 0.177 e. The molecule has 0 bridgehead atoms. The number of ether oxygens (including phenoxy) is 1. The van der Waals surface area contributed by atoms with Crippen molar-refractivity contribution in [2.45, 2.75) is 6.42 Å². The van der Waals surface area contributed by atoms with Crippen molar-refractivity contribution in [1.82, 2.24) is 20.6 Å². The van der Waals surface area contributed by atoms with Gasteiger partial charge in [-0.1, -0.05) is 5.21 Å². The lowest BCUT2D eigenvalue weighted by molar-refractivity contribution is 0.316. The Labute approximate surface area is 89.4 Å². The lowest BCUT2D eigenvalue weighted by Crippen LogP contribution is -2.03. The summed E-state index contributed by atoms with van der Waals surface area (Å²) in [6.45, 7) is 0.268. The number of hydrogen-bond acceptors (Lipinski definition) is 4. The van der Waals surface area contributed by atoms with Crippen molar-refractivity contribution in [2.75, 3.05) is 6.61 Å². The van der Waals surface area contributed by atoms with Crippen LogP contribution in [-0.2, 0) is 6.42 Å². The highest BCUT2D eigenvalue weighted by Crippen LogP contribution is 2.15. The molecule has 0 saturated carbocycles. The second kappa shape index (κ2) is 4.65. The van der Waals surface area contributed by atoms with Crippen molar-refractivity contribution in [3.05, 3.63) is 35.7 Å². The van der Waals surface area contributed by atoms with E-state index < -0.39 is 11.6 Å². The molecule has 0 radical (unpaired) electrons. The molecule has 5 nitrogen and oxygen atoms in total. The fourth-order valence-corrected chi connectivity index (χ4v) is 1.12. The fourth-order valence-electron chi connectivity index (χ4n) is 1.12. The largest absolute Gasteiger partial charge is 0.493 e. The SMILES string of the molecule is Fc1ccc(OCCc2nn[nH]n2)cc1F. The zero-order valence-corrected chi connectivity index (χ0v) is 8.15. The van der Waals surface area contributed by atoms with Crippen LogP contribution >= 0.6 is 0 Å². The Hall–Kier alpha value is -2.05. The summed E-state index contributed by atoms with van der Waals surface area (Å²) in [6, 6.07) is 3.36. The highest BCUT2D eigenvalue weighted by Gasteiger charge is 2.04. The van der Waals surface area contributed by atoms with E-state index in [4.69, 9.17) is 4.74 Å². The Bertz CT molecular complexity index is 461. The van der Waals surface area contributed by atoms with E-state index in [1.165, 1.54) is 6.07 Å². The lowest BCUT2D eigenvalue weighted by Gasteiger charge is -2.04. The van der Waals surface area contributed by atoms with Crippen LogP contribution in [0, 0.1) is 11.6 Å². The summed E-state index contributed by atoms with van der Waals surface area (Å²) in [5, 5.41) is 13.1. The Balaban J connectivity index is 1.87. The molecule has 0 fully saturated rings. The predicted molar refractivity (Wildman–Crippen MR) is 49.7 cm³/mol. The summed E-state index contributed by atoms with van der Waals surface area (Å²) < 4.78 is 30.6. The molecule has 1 N–H and O–H groups in total. The van der Waals surface area contributed by atoms with Crippen LogP contribution in [0.25, 0.3) is 0 Å². The quantitative estimate of drug-likeness (QED) is 0.847. The molecule has 0 amide bonds. The highest BCUT2D eigenvalue weighted by molar-refractivity contribution is 5.23. The van der Waals surface area contributed by atoms with Gasteiger partial charge in [0.1, 0.15) is 5.75 Å². The zero-order valence-electron chi connectivity index (χ0n) is 8.15. The first-order valence-corrected chi connectivity index (χ1v) is 4.56. The first-order valence-electron chi connectivity index (χ1n) is 4.56. The summed E-state index contributed by atoms with van der Waals surface area (Å²) in [5.74, 6) is -1.06. The molecule has 16 heavy (non-hydrogen) atoms. The molecular weight excluding hydrogens is 218 g/mol. The number of nitrogens with zero attached hydrogens (tertiary/aromatic N) is 3. The molecule has 0 aliphatic heterocycles. The number of tetrazole rings is 1. The second-order valence-corrected chi connectivity index (χ2v) is 3.00. The van der Waals surface area contributed by atoms with E-state index in [0.717, 1.165) is 12.1 Å². The number of aromatic amines is 1. The average molecular weight is 226 g/mol. The van der Waals surface area contributed by atoms with Crippen molar-refractivity contribution in [2.24, 2.45) is 0 Å². The fraction of sp³-hybridized carbons (Fsp3) is 0.222. The Morgan fingerprint density at radius 3 is 2.81 bits per heavy atom. The number of aromatic nitrogens is 4. The molecule has 7 heteroatoms. The van der Waals surface area contributed by atoms with Crippen LogP contribution in [0.2, 0.25) is 0 Å². The number of halogens is 2. The molecular formula is C9H8F2N4O. The van der Waals surface area contributed by atoms with Crippen molar-refractivity contribution >= 4 is 0 Å². The normalized spacial score (nSPS) is 10.4. The maximum absolute atomic E-state index is 12.8. The van der Waals surface area contributed by atoms with Gasteiger partial charge in [-0.2, -0.15) is 5.21 Å². The van der Waals surface area contributed by atoms with E-state index in [0.29, 0.717) is 12.2 Å². The predicted octanol–water partition coefficient (Wildman–Crippen LogP) is 1.10. The summed E-state index contributed by atoms with van der Waals surface area (Å²) in [4.78, 5) is 0. The third-order valence-corrected chi connectivity index (χ3v) is 1.87. The first-order chi connectivity index (χ1) is 7.75. The van der Waals surface area contributed by atoms with Crippen molar-refractivity contribution < 1.29 is 13.5 Å². The molecule has 0 spiro atoms. The minimum absolute atomic E-state index is 0.266. The molecule has 0 saturated heterocycles. The summed E-state index contributed by atoms with van der Waals surface area (Å²) in [7, 11) is 0. The van der Waals surface area contributed by atoms with Crippen LogP contribution in [0.1, 0.15) is 5.82 Å². The molecule has 1 heterocycles. The minimum Gasteiger partial charge on any atom is -0.493 e. The summed E-state index contributed by atoms with van der Waals surface area (Å²) in [6.07, 6.45) is 0.440. The van der Waals surface area contributed by atoms with Crippen molar-refractivity contribution in [3.8, 4) is 5.75 Å². The Morgan fingerprint density at radius 2 is 2.12 bits per heavy atom. The van der Waals surface area contributed by atoms with Gasteiger partial charge in [-0.05, 0) is 12.1 Å². The molecule has 0 atom stereocenters. The molecule has 0 aliphatic rings. The summed E-state index contributed by atoms with van der Waals surface area (Å²) >= 11 is 0. The highest BCUT2D eigenvalue weighted by atomic mass is 19.2. The third kappa shape index (κ3) is 2.50. The Morgan fingerprint density at radius 1 is 1.25 bits per heavy atom. The van der Waals surface area contributed by atoms with E-state index in [9.17, 15) is 8.78 Å². The van der Waals surface area contributed by atoms with Crippen LogP contribution in [-0.4, -0.2) is 27.2 Å². The van der Waals surface area contributed by atoms with Crippen LogP contribution in [0.15, 0.2) is 18.2 Å². The number of hydrogen-bond donors (Lipinski definition) is 1. The van der Waals surface area contributed by atoms with E-state index in [-0.39, 0.29) is 12.4 Å². The number of benzene rings is 1. The minimum atomic E-state index is -0.933. The van der Waals surface area contributed by atoms with E-state index >= 15 is 0 Å². The number of nitrogens with one attached hydrogen (secondary N) is 1. The molecule has 2 aromatic rings. The standard InChI is InChI=1S/C9H8F2N4O/c10-7-2-1-6(5-8(7)11)16-4-3-9-12-14-15-13-9/h1-2,5H,3-4H2,(H,12,13,14,15). The van der Waals surface area contributed by atoms with E-state index in [1.807, 2.05) is 0 Å². The molecule has 1 aromatic carbocycles. The van der Waals surface area contributed by atoms with Gasteiger partial charge in [0, 0.05) is 12.5 Å². The third-order valence-electron chi connectivity index (χ3n) is 1.87. The topological polar surface area (TPSA) is 63.7 Å².